The summed E-state index contributed by atoms with van der Waals surface area (Å²) in [6.45, 7) is 4.99. The molecule has 1 aliphatic rings. The summed E-state index contributed by atoms with van der Waals surface area (Å²) in [5, 5.41) is 7.48. The number of hydrogen-bond donors (Lipinski definition) is 1. The second-order valence-electron chi connectivity index (χ2n) is 5.08. The van der Waals surface area contributed by atoms with Crippen LogP contribution in [-0.4, -0.2) is 44.8 Å². The van der Waals surface area contributed by atoms with Gasteiger partial charge in [-0.05, 0) is 26.0 Å². The first kappa shape index (κ1) is 13.0. The van der Waals surface area contributed by atoms with Crippen LogP contribution in [0.15, 0.2) is 31.0 Å². The quantitative estimate of drug-likeness (QED) is 0.908. The number of pyridine rings is 1. The highest BCUT2D eigenvalue weighted by Crippen LogP contribution is 2.22. The number of hydrogen-bond acceptors (Lipinski definition) is 6. The van der Waals surface area contributed by atoms with Gasteiger partial charge in [-0.3, -0.25) is 0 Å². The molecule has 2 aromatic rings. The minimum absolute atomic E-state index is 0.0782. The van der Waals surface area contributed by atoms with Gasteiger partial charge in [-0.15, -0.1) is 0 Å². The molecule has 7 nitrogen and oxygen atoms in total. The monoisotopic (exact) mass is 275 g/mol. The van der Waals surface area contributed by atoms with E-state index < -0.39 is 5.79 Å². The maximum atomic E-state index is 5.64. The molecule has 0 radical (unpaired) electrons. The van der Waals surface area contributed by atoms with Crippen molar-refractivity contribution in [2.24, 2.45) is 0 Å². The highest BCUT2D eigenvalue weighted by atomic mass is 16.7. The molecule has 3 rings (SSSR count). The molecule has 0 aromatic carbocycles. The summed E-state index contributed by atoms with van der Waals surface area (Å²) in [5.41, 5.74) is 0.870. The van der Waals surface area contributed by atoms with E-state index in [2.05, 4.69) is 20.4 Å². The van der Waals surface area contributed by atoms with Crippen molar-refractivity contribution in [3.8, 4) is 5.82 Å². The first-order valence-electron chi connectivity index (χ1n) is 6.48. The molecule has 0 unspecified atom stereocenters. The molecule has 0 saturated carbocycles. The van der Waals surface area contributed by atoms with E-state index in [0.717, 1.165) is 5.69 Å². The van der Waals surface area contributed by atoms with Crippen LogP contribution in [-0.2, 0) is 9.47 Å². The van der Waals surface area contributed by atoms with Gasteiger partial charge in [0.05, 0.1) is 24.9 Å². The van der Waals surface area contributed by atoms with Crippen LogP contribution < -0.4 is 5.32 Å². The summed E-state index contributed by atoms with van der Waals surface area (Å²) >= 11 is 0. The smallest absolute Gasteiger partial charge is 0.178 e. The zero-order valence-electron chi connectivity index (χ0n) is 11.5. The Balaban J connectivity index is 1.75. The van der Waals surface area contributed by atoms with Crippen LogP contribution in [0, 0.1) is 0 Å². The third kappa shape index (κ3) is 2.78. The molecular formula is C13H17N5O2. The maximum absolute atomic E-state index is 5.64. The lowest BCUT2D eigenvalue weighted by Gasteiger charge is -2.35. The molecule has 1 saturated heterocycles. The minimum Gasteiger partial charge on any atom is -0.375 e. The van der Waals surface area contributed by atoms with Gasteiger partial charge in [-0.1, -0.05) is 0 Å². The Bertz CT molecular complexity index is 560. The predicted molar refractivity (Wildman–Crippen MR) is 72.5 cm³/mol. The molecule has 7 heteroatoms. The van der Waals surface area contributed by atoms with E-state index in [4.69, 9.17) is 9.47 Å². The van der Waals surface area contributed by atoms with E-state index in [1.807, 2.05) is 26.0 Å². The summed E-state index contributed by atoms with van der Waals surface area (Å²) in [4.78, 5) is 8.27. The third-order valence-corrected chi connectivity index (χ3v) is 3.05. The number of ether oxygens (including phenoxy) is 2. The Morgan fingerprint density at radius 3 is 2.85 bits per heavy atom. The molecule has 1 aliphatic heterocycles. The summed E-state index contributed by atoms with van der Waals surface area (Å²) < 4.78 is 12.9. The average molecular weight is 275 g/mol. The predicted octanol–water partition coefficient (Wildman–Crippen LogP) is 1.23. The number of nitrogens with one attached hydrogen (secondary N) is 1. The number of rotatable bonds is 3. The number of anilines is 1. The SMILES string of the molecule is CC1(C)OCC(Nc2cccnc2-n2cncn2)CO1. The fourth-order valence-electron chi connectivity index (χ4n) is 2.01. The molecule has 0 atom stereocenters. The first-order valence-corrected chi connectivity index (χ1v) is 6.48. The third-order valence-electron chi connectivity index (χ3n) is 3.05. The molecule has 0 spiro atoms. The van der Waals surface area contributed by atoms with Crippen molar-refractivity contribution in [2.75, 3.05) is 18.5 Å². The lowest BCUT2D eigenvalue weighted by molar-refractivity contribution is -0.247. The van der Waals surface area contributed by atoms with Gasteiger partial charge in [0.2, 0.25) is 0 Å². The lowest BCUT2D eigenvalue weighted by Crippen LogP contribution is -2.45. The highest BCUT2D eigenvalue weighted by Gasteiger charge is 2.28. The van der Waals surface area contributed by atoms with Gasteiger partial charge >= 0.3 is 0 Å². The zero-order valence-corrected chi connectivity index (χ0v) is 11.5. The Morgan fingerprint density at radius 2 is 2.15 bits per heavy atom. The molecule has 20 heavy (non-hydrogen) atoms. The van der Waals surface area contributed by atoms with Crippen molar-refractivity contribution in [1.82, 2.24) is 19.7 Å². The molecule has 0 amide bonds. The molecule has 0 bridgehead atoms. The van der Waals surface area contributed by atoms with Gasteiger partial charge in [0, 0.05) is 6.20 Å². The normalized spacial score (nSPS) is 18.9. The van der Waals surface area contributed by atoms with Crippen molar-refractivity contribution in [1.29, 1.82) is 0 Å². The van der Waals surface area contributed by atoms with Gasteiger partial charge < -0.3 is 14.8 Å². The van der Waals surface area contributed by atoms with Gasteiger partial charge in [-0.2, -0.15) is 5.10 Å². The van der Waals surface area contributed by atoms with Crippen molar-refractivity contribution < 1.29 is 9.47 Å². The van der Waals surface area contributed by atoms with E-state index in [9.17, 15) is 0 Å². The average Bonchev–Trinajstić information content (AvgIpc) is 2.96. The second-order valence-corrected chi connectivity index (χ2v) is 5.08. The Morgan fingerprint density at radius 1 is 1.35 bits per heavy atom. The van der Waals surface area contributed by atoms with E-state index in [1.165, 1.54) is 6.33 Å². The van der Waals surface area contributed by atoms with Gasteiger partial charge in [0.1, 0.15) is 12.7 Å². The molecule has 3 heterocycles. The summed E-state index contributed by atoms with van der Waals surface area (Å²) in [6, 6.07) is 3.90. The molecule has 1 fully saturated rings. The Labute approximate surface area is 116 Å². The topological polar surface area (TPSA) is 74.1 Å². The number of aromatic nitrogens is 4. The summed E-state index contributed by atoms with van der Waals surface area (Å²) in [7, 11) is 0. The molecule has 0 aliphatic carbocycles. The Kier molecular flexibility index (Phi) is 3.37. The van der Waals surface area contributed by atoms with Crippen molar-refractivity contribution in [3.63, 3.8) is 0 Å². The van der Waals surface area contributed by atoms with Gasteiger partial charge in [0.15, 0.2) is 11.6 Å². The number of nitrogens with zero attached hydrogens (tertiary/aromatic N) is 4. The fraction of sp³-hybridized carbons (Fsp3) is 0.462. The van der Waals surface area contributed by atoms with E-state index in [-0.39, 0.29) is 6.04 Å². The minimum atomic E-state index is -0.512. The van der Waals surface area contributed by atoms with Crippen LogP contribution in [0.4, 0.5) is 5.69 Å². The van der Waals surface area contributed by atoms with E-state index >= 15 is 0 Å². The maximum Gasteiger partial charge on any atom is 0.178 e. The molecule has 1 N–H and O–H groups in total. The molecule has 2 aromatic heterocycles. The van der Waals surface area contributed by atoms with Crippen molar-refractivity contribution >= 4 is 5.69 Å². The van der Waals surface area contributed by atoms with Crippen LogP contribution >= 0.6 is 0 Å². The van der Waals surface area contributed by atoms with Crippen LogP contribution in [0.25, 0.3) is 5.82 Å². The van der Waals surface area contributed by atoms with E-state index in [0.29, 0.717) is 19.0 Å². The van der Waals surface area contributed by atoms with Crippen LogP contribution in [0.1, 0.15) is 13.8 Å². The summed E-state index contributed by atoms with van der Waals surface area (Å²) in [5.74, 6) is 0.191. The van der Waals surface area contributed by atoms with Crippen molar-refractivity contribution in [2.45, 2.75) is 25.7 Å². The zero-order chi connectivity index (χ0) is 14.0. The standard InChI is InChI=1S/C13H17N5O2/c1-13(2)19-6-10(7-20-13)17-11-4-3-5-15-12(11)18-9-14-8-16-18/h3-5,8-10,17H,6-7H2,1-2H3. The van der Waals surface area contributed by atoms with Crippen LogP contribution in [0.5, 0.6) is 0 Å². The highest BCUT2D eigenvalue weighted by molar-refractivity contribution is 5.56. The first-order chi connectivity index (χ1) is 9.64. The fourth-order valence-corrected chi connectivity index (χ4v) is 2.01. The lowest BCUT2D eigenvalue weighted by atomic mass is 10.2. The Hall–Kier alpha value is -1.99. The molecular weight excluding hydrogens is 258 g/mol. The van der Waals surface area contributed by atoms with Crippen LogP contribution in [0.3, 0.4) is 0 Å². The van der Waals surface area contributed by atoms with Crippen LogP contribution in [0.2, 0.25) is 0 Å². The van der Waals surface area contributed by atoms with Gasteiger partial charge in [-0.25, -0.2) is 14.6 Å². The second kappa shape index (κ2) is 5.18. The van der Waals surface area contributed by atoms with Crippen molar-refractivity contribution in [3.05, 3.63) is 31.0 Å². The summed E-state index contributed by atoms with van der Waals surface area (Å²) in [6.07, 6.45) is 4.82. The van der Waals surface area contributed by atoms with E-state index in [1.54, 1.807) is 17.2 Å². The molecule has 106 valence electrons. The largest absolute Gasteiger partial charge is 0.375 e. The van der Waals surface area contributed by atoms with Gasteiger partial charge in [0.25, 0.3) is 0 Å².